The zero-order valence-corrected chi connectivity index (χ0v) is 22.2. The maximum absolute atomic E-state index is 13.2. The SMILES string of the molecule is CCC(=O)CCCCCC(N=C([O-])C1=NOC2(CCNCC2)C1)c1ncc(-c2ccc3nn(C)cc3c2)[nH]1. The molecule has 0 radical (unpaired) electrons. The Balaban J connectivity index is 1.33. The van der Waals surface area contributed by atoms with Gasteiger partial charge in [0.15, 0.2) is 0 Å². The molecule has 0 saturated carbocycles. The van der Waals surface area contributed by atoms with E-state index in [0.717, 1.165) is 67.4 Å². The summed E-state index contributed by atoms with van der Waals surface area (Å²) in [5, 5.41) is 26.2. The number of fused-ring (bicyclic) bond motifs is 1. The Morgan fingerprint density at radius 1 is 1.26 bits per heavy atom. The average Bonchev–Trinajstić information content (AvgIpc) is 3.66. The molecule has 202 valence electrons. The number of carbonyl (C=O) groups excluding carboxylic acids is 1. The molecule has 3 aromatic rings. The average molecular weight is 519 g/mol. The van der Waals surface area contributed by atoms with Crippen LogP contribution in [0.4, 0.5) is 0 Å². The molecule has 2 aliphatic heterocycles. The third kappa shape index (κ3) is 5.96. The number of imidazole rings is 1. The quantitative estimate of drug-likeness (QED) is 0.226. The second-order valence-corrected chi connectivity index (χ2v) is 10.4. The van der Waals surface area contributed by atoms with Crippen LogP contribution in [0.2, 0.25) is 0 Å². The summed E-state index contributed by atoms with van der Waals surface area (Å²) in [6.07, 6.45) is 10.4. The Morgan fingerprint density at radius 3 is 2.92 bits per heavy atom. The lowest BCUT2D eigenvalue weighted by atomic mass is 9.87. The van der Waals surface area contributed by atoms with Gasteiger partial charge in [0, 0.05) is 62.2 Å². The van der Waals surface area contributed by atoms with Crippen LogP contribution in [0.3, 0.4) is 0 Å². The van der Waals surface area contributed by atoms with Gasteiger partial charge in [-0.3, -0.25) is 14.5 Å². The molecule has 1 fully saturated rings. The number of unbranched alkanes of at least 4 members (excludes halogenated alkanes) is 2. The van der Waals surface area contributed by atoms with Crippen molar-refractivity contribution in [1.82, 2.24) is 25.1 Å². The number of piperidine rings is 1. The number of Topliss-reactive ketones (excluding diaryl/α,β-unsaturated/α-hetero) is 1. The van der Waals surface area contributed by atoms with E-state index in [2.05, 4.69) is 36.6 Å². The number of hydrogen-bond acceptors (Lipinski definition) is 8. The number of nitrogens with one attached hydrogen (secondary N) is 2. The number of H-pyrrole nitrogens is 1. The number of aromatic nitrogens is 4. The summed E-state index contributed by atoms with van der Waals surface area (Å²) < 4.78 is 1.80. The van der Waals surface area contributed by atoms with Crippen LogP contribution in [0.1, 0.15) is 76.6 Å². The summed E-state index contributed by atoms with van der Waals surface area (Å²) >= 11 is 0. The largest absolute Gasteiger partial charge is 0.858 e. The third-order valence-corrected chi connectivity index (χ3v) is 7.54. The molecule has 10 heteroatoms. The zero-order chi connectivity index (χ0) is 26.5. The van der Waals surface area contributed by atoms with Gasteiger partial charge in [0.2, 0.25) is 0 Å². The highest BCUT2D eigenvalue weighted by molar-refractivity contribution is 6.37. The van der Waals surface area contributed by atoms with Gasteiger partial charge >= 0.3 is 0 Å². The molecule has 2 aromatic heterocycles. The molecular weight excluding hydrogens is 482 g/mol. The first kappa shape index (κ1) is 26.1. The van der Waals surface area contributed by atoms with E-state index in [9.17, 15) is 9.90 Å². The van der Waals surface area contributed by atoms with Gasteiger partial charge in [-0.15, -0.1) is 0 Å². The van der Waals surface area contributed by atoms with Crippen LogP contribution in [0, 0.1) is 0 Å². The van der Waals surface area contributed by atoms with Gasteiger partial charge < -0.3 is 20.2 Å². The first-order chi connectivity index (χ1) is 18.4. The van der Waals surface area contributed by atoms with Crippen molar-refractivity contribution in [3.05, 3.63) is 36.4 Å². The number of aliphatic imine (C=N–C) groups is 1. The fourth-order valence-corrected chi connectivity index (χ4v) is 5.25. The van der Waals surface area contributed by atoms with Crippen molar-refractivity contribution in [3.8, 4) is 11.3 Å². The molecule has 2 N–H and O–H groups in total. The predicted octanol–water partition coefficient (Wildman–Crippen LogP) is 3.59. The third-order valence-electron chi connectivity index (χ3n) is 7.54. The zero-order valence-electron chi connectivity index (χ0n) is 22.2. The highest BCUT2D eigenvalue weighted by Crippen LogP contribution is 2.33. The highest BCUT2D eigenvalue weighted by Gasteiger charge is 2.40. The minimum atomic E-state index is -0.424. The minimum Gasteiger partial charge on any atom is -0.858 e. The molecule has 1 aromatic carbocycles. The van der Waals surface area contributed by atoms with Gasteiger partial charge in [-0.1, -0.05) is 31.0 Å². The van der Waals surface area contributed by atoms with Gasteiger partial charge in [0.1, 0.15) is 23.3 Å². The van der Waals surface area contributed by atoms with Crippen molar-refractivity contribution in [2.24, 2.45) is 17.2 Å². The molecule has 38 heavy (non-hydrogen) atoms. The molecule has 2 aliphatic rings. The molecule has 0 amide bonds. The smallest absolute Gasteiger partial charge is 0.145 e. The molecule has 0 aliphatic carbocycles. The van der Waals surface area contributed by atoms with Crippen LogP contribution < -0.4 is 10.4 Å². The molecule has 1 saturated heterocycles. The lowest BCUT2D eigenvalue weighted by molar-refractivity contribution is -0.210. The molecule has 1 unspecified atom stereocenters. The summed E-state index contributed by atoms with van der Waals surface area (Å²) in [5.41, 5.74) is 2.80. The first-order valence-corrected chi connectivity index (χ1v) is 13.7. The Kier molecular flexibility index (Phi) is 7.87. The lowest BCUT2D eigenvalue weighted by Crippen LogP contribution is -2.43. The highest BCUT2D eigenvalue weighted by atomic mass is 16.7. The fraction of sp³-hybridized carbons (Fsp3) is 0.536. The number of aryl methyl sites for hydroxylation is 1. The van der Waals surface area contributed by atoms with Crippen molar-refractivity contribution >= 4 is 28.3 Å². The van der Waals surface area contributed by atoms with E-state index >= 15 is 0 Å². The number of benzene rings is 1. The Morgan fingerprint density at radius 2 is 2.11 bits per heavy atom. The normalized spacial score (nSPS) is 18.1. The van der Waals surface area contributed by atoms with Gasteiger partial charge in [-0.25, -0.2) is 4.98 Å². The van der Waals surface area contributed by atoms with E-state index < -0.39 is 6.04 Å². The van der Waals surface area contributed by atoms with E-state index in [1.165, 1.54) is 0 Å². The minimum absolute atomic E-state index is 0.286. The molecule has 4 heterocycles. The topological polar surface area (TPSA) is 133 Å². The number of carbonyl (C=O) groups is 1. The van der Waals surface area contributed by atoms with Crippen molar-refractivity contribution < 1.29 is 14.7 Å². The van der Waals surface area contributed by atoms with Gasteiger partial charge in [-0.05, 0) is 38.1 Å². The van der Waals surface area contributed by atoms with E-state index in [1.54, 1.807) is 10.9 Å². The maximum atomic E-state index is 13.2. The molecule has 10 nitrogen and oxygen atoms in total. The van der Waals surface area contributed by atoms with Gasteiger partial charge in [-0.2, -0.15) is 5.10 Å². The van der Waals surface area contributed by atoms with Crippen molar-refractivity contribution in [1.29, 1.82) is 0 Å². The number of ketones is 1. The van der Waals surface area contributed by atoms with Crippen molar-refractivity contribution in [2.45, 2.75) is 76.4 Å². The summed E-state index contributed by atoms with van der Waals surface area (Å²) in [6.45, 7) is 3.61. The summed E-state index contributed by atoms with van der Waals surface area (Å²) in [4.78, 5) is 30.0. The van der Waals surface area contributed by atoms with Crippen molar-refractivity contribution in [3.63, 3.8) is 0 Å². The van der Waals surface area contributed by atoms with E-state index in [-0.39, 0.29) is 17.3 Å². The van der Waals surface area contributed by atoms with Crippen LogP contribution >= 0.6 is 0 Å². The Bertz CT molecular complexity index is 1330. The standard InChI is InChI=1S/C28H37N7O3/c1-3-21(36)7-5-4-6-8-23(32-27(37)24-16-28(38-34-24)11-13-29-14-12-28)26-30-17-25(31-26)19-9-10-22-20(15-19)18-35(2)33-22/h9-10,15,17-18,23,29H,3-8,11-14,16H2,1-2H3,(H,30,31)(H,32,37)/p-1. The van der Waals surface area contributed by atoms with Crippen LogP contribution in [-0.2, 0) is 16.7 Å². The number of hydrogen-bond donors (Lipinski definition) is 2. The van der Waals surface area contributed by atoms with Crippen LogP contribution in [-0.4, -0.2) is 55.8 Å². The second-order valence-electron chi connectivity index (χ2n) is 10.4. The summed E-state index contributed by atoms with van der Waals surface area (Å²) in [7, 11) is 1.90. The monoisotopic (exact) mass is 518 g/mol. The number of nitrogens with zero attached hydrogens (tertiary/aromatic N) is 5. The predicted molar refractivity (Wildman–Crippen MR) is 145 cm³/mol. The van der Waals surface area contributed by atoms with Gasteiger partial charge in [0.05, 0.1) is 23.1 Å². The lowest BCUT2D eigenvalue weighted by Gasteiger charge is -2.31. The summed E-state index contributed by atoms with van der Waals surface area (Å²) in [6, 6.07) is 5.65. The number of oxime groups is 1. The fourth-order valence-electron chi connectivity index (χ4n) is 5.25. The molecular formula is C28H36N7O3-. The van der Waals surface area contributed by atoms with Crippen molar-refractivity contribution in [2.75, 3.05) is 13.1 Å². The van der Waals surface area contributed by atoms with Gasteiger partial charge in [0.25, 0.3) is 0 Å². The molecule has 0 bridgehead atoms. The van der Waals surface area contributed by atoms with Crippen LogP contribution in [0.15, 0.2) is 40.7 Å². The summed E-state index contributed by atoms with van der Waals surface area (Å²) in [5.74, 6) is 0.607. The number of rotatable bonds is 11. The van der Waals surface area contributed by atoms with E-state index in [4.69, 9.17) is 4.84 Å². The number of aromatic amines is 1. The molecule has 1 atom stereocenters. The Labute approximate surface area is 222 Å². The van der Waals surface area contributed by atoms with E-state index in [0.29, 0.717) is 37.2 Å². The second kappa shape index (κ2) is 11.5. The first-order valence-electron chi connectivity index (χ1n) is 13.7. The molecule has 1 spiro atoms. The Hall–Kier alpha value is -3.53. The van der Waals surface area contributed by atoms with Crippen LogP contribution in [0.25, 0.3) is 22.2 Å². The molecule has 5 rings (SSSR count). The maximum Gasteiger partial charge on any atom is 0.145 e. The van der Waals surface area contributed by atoms with Crippen LogP contribution in [0.5, 0.6) is 0 Å². The van der Waals surface area contributed by atoms with E-state index in [1.807, 2.05) is 32.3 Å².